The number of aryl methyl sites for hydroxylation is 1. The van der Waals surface area contributed by atoms with Crippen molar-refractivity contribution in [2.24, 2.45) is 5.92 Å². The third kappa shape index (κ3) is 5.70. The van der Waals surface area contributed by atoms with E-state index in [0.717, 1.165) is 6.42 Å². The van der Waals surface area contributed by atoms with E-state index in [1.54, 1.807) is 18.3 Å². The first-order valence-electron chi connectivity index (χ1n) is 6.70. The number of carbonyl (C=O) groups excluding carboxylic acids is 1. The van der Waals surface area contributed by atoms with Gasteiger partial charge in [-0.3, -0.25) is 9.59 Å². The first kappa shape index (κ1) is 15.4. The van der Waals surface area contributed by atoms with Crippen LogP contribution in [0.25, 0.3) is 0 Å². The van der Waals surface area contributed by atoms with E-state index in [2.05, 4.69) is 5.32 Å². The molecule has 1 heterocycles. The summed E-state index contributed by atoms with van der Waals surface area (Å²) in [6.45, 7) is 3.16. The number of aliphatic hydroxyl groups excluding tert-OH is 1. The Bertz CT molecular complexity index is 442. The first-order valence-corrected chi connectivity index (χ1v) is 6.70. The Morgan fingerprint density at radius 2 is 2.26 bits per heavy atom. The minimum Gasteiger partial charge on any atom is -0.396 e. The second-order valence-electron chi connectivity index (χ2n) is 4.57. The van der Waals surface area contributed by atoms with Crippen molar-refractivity contribution in [3.63, 3.8) is 0 Å². The summed E-state index contributed by atoms with van der Waals surface area (Å²) in [5, 5.41) is 11.7. The number of rotatable bonds is 8. The normalized spacial score (nSPS) is 12.1. The lowest BCUT2D eigenvalue weighted by Gasteiger charge is -2.14. The molecular formula is C14H22N2O3. The molecule has 106 valence electrons. The van der Waals surface area contributed by atoms with E-state index in [1.807, 2.05) is 6.92 Å². The predicted molar refractivity (Wildman–Crippen MR) is 73.8 cm³/mol. The van der Waals surface area contributed by atoms with E-state index in [-0.39, 0.29) is 18.1 Å². The van der Waals surface area contributed by atoms with Crippen molar-refractivity contribution in [3.05, 3.63) is 34.7 Å². The van der Waals surface area contributed by atoms with Crippen LogP contribution in [0.5, 0.6) is 0 Å². The predicted octanol–water partition coefficient (Wildman–Crippen LogP) is 0.763. The van der Waals surface area contributed by atoms with Crippen LogP contribution >= 0.6 is 0 Å². The van der Waals surface area contributed by atoms with Crippen LogP contribution in [-0.2, 0) is 11.3 Å². The molecule has 1 amide bonds. The van der Waals surface area contributed by atoms with Gasteiger partial charge < -0.3 is 15.0 Å². The van der Waals surface area contributed by atoms with E-state index in [1.165, 1.54) is 10.6 Å². The second-order valence-corrected chi connectivity index (χ2v) is 4.57. The molecule has 5 heteroatoms. The molecule has 0 saturated carbocycles. The number of pyridine rings is 1. The third-order valence-corrected chi connectivity index (χ3v) is 3.18. The van der Waals surface area contributed by atoms with Crippen LogP contribution in [0.1, 0.15) is 26.2 Å². The highest BCUT2D eigenvalue weighted by Crippen LogP contribution is 2.05. The molecule has 0 bridgehead atoms. The van der Waals surface area contributed by atoms with Gasteiger partial charge >= 0.3 is 0 Å². The zero-order valence-electron chi connectivity index (χ0n) is 11.3. The Kier molecular flexibility index (Phi) is 6.89. The molecule has 0 saturated heterocycles. The number of nitrogens with one attached hydrogen (secondary N) is 1. The lowest BCUT2D eigenvalue weighted by Crippen LogP contribution is -2.31. The quantitative estimate of drug-likeness (QED) is 0.730. The molecule has 0 radical (unpaired) electrons. The van der Waals surface area contributed by atoms with Crippen LogP contribution in [0.4, 0.5) is 0 Å². The number of amides is 1. The van der Waals surface area contributed by atoms with Gasteiger partial charge in [0, 0.05) is 38.4 Å². The smallest absolute Gasteiger partial charge is 0.250 e. The number of aromatic nitrogens is 1. The van der Waals surface area contributed by atoms with E-state index >= 15 is 0 Å². The summed E-state index contributed by atoms with van der Waals surface area (Å²) in [6.07, 6.45) is 3.60. The van der Waals surface area contributed by atoms with Gasteiger partial charge in [-0.25, -0.2) is 0 Å². The highest BCUT2D eigenvalue weighted by molar-refractivity contribution is 5.75. The molecule has 19 heavy (non-hydrogen) atoms. The number of hydrogen-bond acceptors (Lipinski definition) is 3. The fraction of sp³-hybridized carbons (Fsp3) is 0.571. The third-order valence-electron chi connectivity index (χ3n) is 3.18. The Balaban J connectivity index is 2.32. The van der Waals surface area contributed by atoms with Crippen molar-refractivity contribution in [1.29, 1.82) is 0 Å². The summed E-state index contributed by atoms with van der Waals surface area (Å²) in [6, 6.07) is 4.93. The lowest BCUT2D eigenvalue weighted by atomic mass is 10.0. The van der Waals surface area contributed by atoms with E-state index in [0.29, 0.717) is 31.8 Å². The van der Waals surface area contributed by atoms with E-state index in [4.69, 9.17) is 5.11 Å². The average molecular weight is 266 g/mol. The van der Waals surface area contributed by atoms with Gasteiger partial charge in [0.15, 0.2) is 0 Å². The Morgan fingerprint density at radius 1 is 1.47 bits per heavy atom. The maximum absolute atomic E-state index is 11.7. The molecule has 0 aromatic carbocycles. The maximum atomic E-state index is 11.7. The topological polar surface area (TPSA) is 71.3 Å². The Hall–Kier alpha value is -1.62. The van der Waals surface area contributed by atoms with E-state index in [9.17, 15) is 9.59 Å². The van der Waals surface area contributed by atoms with Gasteiger partial charge in [-0.1, -0.05) is 19.4 Å². The largest absolute Gasteiger partial charge is 0.396 e. The second kappa shape index (κ2) is 8.48. The van der Waals surface area contributed by atoms with Crippen LogP contribution in [0.15, 0.2) is 29.2 Å². The number of aliphatic hydroxyl groups is 1. The fourth-order valence-electron chi connectivity index (χ4n) is 1.85. The summed E-state index contributed by atoms with van der Waals surface area (Å²) in [4.78, 5) is 23.1. The van der Waals surface area contributed by atoms with Gasteiger partial charge in [0.2, 0.25) is 5.91 Å². The minimum atomic E-state index is -0.0954. The molecular weight excluding hydrogens is 244 g/mol. The monoisotopic (exact) mass is 266 g/mol. The fourth-order valence-corrected chi connectivity index (χ4v) is 1.85. The zero-order chi connectivity index (χ0) is 14.1. The number of carbonyl (C=O) groups is 1. The van der Waals surface area contributed by atoms with Crippen LogP contribution in [0.2, 0.25) is 0 Å². The first-order chi connectivity index (χ1) is 9.17. The minimum absolute atomic E-state index is 0.0628. The molecule has 0 fully saturated rings. The van der Waals surface area contributed by atoms with E-state index < -0.39 is 0 Å². The molecule has 0 aliphatic carbocycles. The van der Waals surface area contributed by atoms with Crippen molar-refractivity contribution in [1.82, 2.24) is 9.88 Å². The van der Waals surface area contributed by atoms with Crippen LogP contribution in [0.3, 0.4) is 0 Å². The molecule has 1 aromatic rings. The molecule has 5 nitrogen and oxygen atoms in total. The summed E-state index contributed by atoms with van der Waals surface area (Å²) in [5.74, 6) is 0.251. The van der Waals surface area contributed by atoms with Gasteiger partial charge in [0.25, 0.3) is 5.56 Å². The summed E-state index contributed by atoms with van der Waals surface area (Å²) in [7, 11) is 0. The molecule has 0 aliphatic rings. The van der Waals surface area contributed by atoms with Crippen molar-refractivity contribution < 1.29 is 9.90 Å². The molecule has 1 unspecified atom stereocenters. The maximum Gasteiger partial charge on any atom is 0.250 e. The number of nitrogens with zero attached hydrogens (tertiary/aromatic N) is 1. The van der Waals surface area contributed by atoms with Crippen LogP contribution in [0, 0.1) is 5.92 Å². The van der Waals surface area contributed by atoms with Crippen molar-refractivity contribution in [3.8, 4) is 0 Å². The van der Waals surface area contributed by atoms with Gasteiger partial charge in [0.1, 0.15) is 0 Å². The zero-order valence-corrected chi connectivity index (χ0v) is 11.3. The molecule has 1 rings (SSSR count). The van der Waals surface area contributed by atoms with Gasteiger partial charge in [0.05, 0.1) is 0 Å². The van der Waals surface area contributed by atoms with Crippen molar-refractivity contribution in [2.75, 3.05) is 13.2 Å². The van der Waals surface area contributed by atoms with Crippen molar-refractivity contribution >= 4 is 5.91 Å². The van der Waals surface area contributed by atoms with Gasteiger partial charge in [-0.2, -0.15) is 0 Å². The Labute approximate surface area is 113 Å². The SMILES string of the molecule is CCC(CCO)CNC(=O)CCn1ccccc1=O. The highest BCUT2D eigenvalue weighted by atomic mass is 16.3. The Morgan fingerprint density at radius 3 is 2.89 bits per heavy atom. The highest BCUT2D eigenvalue weighted by Gasteiger charge is 2.08. The lowest BCUT2D eigenvalue weighted by molar-refractivity contribution is -0.121. The molecule has 2 N–H and O–H groups in total. The molecule has 1 aromatic heterocycles. The van der Waals surface area contributed by atoms with Crippen LogP contribution < -0.4 is 10.9 Å². The standard InChI is InChI=1S/C14H22N2O3/c1-2-12(7-10-17)11-15-13(18)6-9-16-8-4-3-5-14(16)19/h3-5,8,12,17H,2,6-7,9-11H2,1H3,(H,15,18). The van der Waals surface area contributed by atoms with Crippen molar-refractivity contribution in [2.45, 2.75) is 32.7 Å². The summed E-state index contributed by atoms with van der Waals surface area (Å²) in [5.41, 5.74) is -0.0954. The molecule has 0 spiro atoms. The summed E-state index contributed by atoms with van der Waals surface area (Å²) >= 11 is 0. The van der Waals surface area contributed by atoms with Crippen LogP contribution in [-0.4, -0.2) is 28.7 Å². The van der Waals surface area contributed by atoms with Gasteiger partial charge in [-0.05, 0) is 18.4 Å². The molecule has 0 aliphatic heterocycles. The average Bonchev–Trinajstić information content (AvgIpc) is 2.42. The number of hydrogen-bond donors (Lipinski definition) is 2. The van der Waals surface area contributed by atoms with Gasteiger partial charge in [-0.15, -0.1) is 0 Å². The molecule has 1 atom stereocenters. The summed E-state index contributed by atoms with van der Waals surface area (Å²) < 4.78 is 1.52.